The zero-order chi connectivity index (χ0) is 26.4. The first-order valence-corrected chi connectivity index (χ1v) is 12.8. The third-order valence-electron chi connectivity index (χ3n) is 5.22. The van der Waals surface area contributed by atoms with E-state index in [1.807, 2.05) is 17.5 Å². The minimum absolute atomic E-state index is 0.0241. The number of nitrogens with zero attached hydrogens (tertiary/aromatic N) is 2. The highest BCUT2D eigenvalue weighted by Crippen LogP contribution is 2.31. The number of aliphatic hydroxyl groups excluding tert-OH is 2. The minimum atomic E-state index is -0.998. The Morgan fingerprint density at radius 2 is 1.84 bits per heavy atom. The zero-order valence-corrected chi connectivity index (χ0v) is 21.6. The molecule has 2 aromatic heterocycles. The van der Waals surface area contributed by atoms with Crippen LogP contribution >= 0.6 is 34.5 Å². The van der Waals surface area contributed by atoms with Crippen LogP contribution in [0, 0.1) is 0 Å². The molecule has 4 rings (SSSR count). The van der Waals surface area contributed by atoms with Gasteiger partial charge in [-0.2, -0.15) is 5.10 Å². The lowest BCUT2D eigenvalue weighted by atomic mass is 10.1. The summed E-state index contributed by atoms with van der Waals surface area (Å²) in [5, 5.41) is 33.5. The van der Waals surface area contributed by atoms with E-state index in [1.54, 1.807) is 53.2 Å². The summed E-state index contributed by atoms with van der Waals surface area (Å²) in [6.45, 7) is -0.448. The molecule has 9 nitrogen and oxygen atoms in total. The number of amides is 3. The summed E-state index contributed by atoms with van der Waals surface area (Å²) < 4.78 is 1.59. The molecule has 2 heterocycles. The van der Waals surface area contributed by atoms with E-state index in [1.165, 1.54) is 11.3 Å². The first-order chi connectivity index (χ1) is 17.8. The van der Waals surface area contributed by atoms with Crippen LogP contribution in [0.4, 0.5) is 16.3 Å². The molecule has 0 aliphatic heterocycles. The van der Waals surface area contributed by atoms with Gasteiger partial charge < -0.3 is 20.8 Å². The average Bonchev–Trinajstić information content (AvgIpc) is 3.56. The van der Waals surface area contributed by atoms with Gasteiger partial charge in [0.2, 0.25) is 5.91 Å². The fourth-order valence-corrected chi connectivity index (χ4v) is 4.41. The number of aromatic nitrogens is 2. The number of urea groups is 1. The summed E-state index contributed by atoms with van der Waals surface area (Å²) in [6.07, 6.45) is -0.895. The summed E-state index contributed by atoms with van der Waals surface area (Å²) in [7, 11) is 0. The van der Waals surface area contributed by atoms with Gasteiger partial charge in [-0.05, 0) is 41.3 Å². The van der Waals surface area contributed by atoms with E-state index in [0.717, 1.165) is 10.4 Å². The third kappa shape index (κ3) is 6.88. The van der Waals surface area contributed by atoms with E-state index in [0.29, 0.717) is 27.9 Å². The molecule has 0 saturated heterocycles. The van der Waals surface area contributed by atoms with Crippen molar-refractivity contribution in [1.29, 1.82) is 0 Å². The number of anilines is 2. The lowest BCUT2D eigenvalue weighted by Crippen LogP contribution is -2.34. The number of hydrogen-bond acceptors (Lipinski definition) is 6. The van der Waals surface area contributed by atoms with Crippen LogP contribution in [0.3, 0.4) is 0 Å². The molecule has 0 aliphatic rings. The lowest BCUT2D eigenvalue weighted by molar-refractivity contribution is -0.121. The second-order valence-electron chi connectivity index (χ2n) is 7.97. The molecule has 1 unspecified atom stereocenters. The summed E-state index contributed by atoms with van der Waals surface area (Å²) in [6, 6.07) is 17.2. The quantitative estimate of drug-likeness (QED) is 0.205. The van der Waals surface area contributed by atoms with E-state index in [2.05, 4.69) is 21.0 Å². The highest BCUT2D eigenvalue weighted by Gasteiger charge is 2.16. The van der Waals surface area contributed by atoms with Crippen LogP contribution in [-0.4, -0.2) is 51.2 Å². The smallest absolute Gasteiger partial charge is 0.324 e. The Hall–Kier alpha value is -3.41. The van der Waals surface area contributed by atoms with Crippen molar-refractivity contribution in [3.63, 3.8) is 0 Å². The molecule has 3 amide bonds. The Bertz CT molecular complexity index is 1380. The molecule has 192 valence electrons. The van der Waals surface area contributed by atoms with Gasteiger partial charge in [0.1, 0.15) is 11.5 Å². The fourth-order valence-electron chi connectivity index (χ4n) is 3.38. The number of thiophene rings is 1. The third-order valence-corrected chi connectivity index (χ3v) is 6.93. The molecule has 0 bridgehead atoms. The Kier molecular flexibility index (Phi) is 8.80. The molecule has 0 spiro atoms. The van der Waals surface area contributed by atoms with Crippen LogP contribution < -0.4 is 16.0 Å². The lowest BCUT2D eigenvalue weighted by Gasteiger charge is -2.12. The molecule has 0 saturated carbocycles. The van der Waals surface area contributed by atoms with Gasteiger partial charge in [0.25, 0.3) is 0 Å². The zero-order valence-electron chi connectivity index (χ0n) is 19.3. The maximum atomic E-state index is 12.8. The van der Waals surface area contributed by atoms with Gasteiger partial charge in [0.15, 0.2) is 0 Å². The number of benzene rings is 2. The number of aliphatic hydroxyl groups is 2. The van der Waals surface area contributed by atoms with Crippen LogP contribution in [0.1, 0.15) is 5.56 Å². The molecule has 4 aromatic rings. The van der Waals surface area contributed by atoms with Crippen LogP contribution in [0.2, 0.25) is 10.0 Å². The Balaban J connectivity index is 1.53. The SMILES string of the molecule is O=C(Cc1ccc(-n2nc(-c3cccs3)cc2NC(=O)Nc2cccc(Cl)c2Cl)cc1)NCC(O)CO. The van der Waals surface area contributed by atoms with E-state index >= 15 is 0 Å². The van der Waals surface area contributed by atoms with E-state index in [-0.39, 0.29) is 23.9 Å². The molecule has 5 N–H and O–H groups in total. The summed E-state index contributed by atoms with van der Waals surface area (Å²) >= 11 is 13.8. The molecule has 0 aliphatic carbocycles. The van der Waals surface area contributed by atoms with Crippen molar-refractivity contribution in [3.05, 3.63) is 81.7 Å². The van der Waals surface area contributed by atoms with Gasteiger partial charge >= 0.3 is 6.03 Å². The Morgan fingerprint density at radius 3 is 2.54 bits per heavy atom. The number of hydrogen-bond donors (Lipinski definition) is 5. The normalized spacial score (nSPS) is 11.7. The standard InChI is InChI=1S/C25H23Cl2N5O4S/c26-18-3-1-4-19(24(18)27)29-25(36)30-22-12-20(21-5-2-10-37-21)31-32(22)16-8-6-15(7-9-16)11-23(35)28-13-17(34)14-33/h1-10,12,17,33-34H,11,13-14H2,(H,28,35)(H2,29,30,36). The molecular formula is C25H23Cl2N5O4S. The van der Waals surface area contributed by atoms with Gasteiger partial charge in [0, 0.05) is 12.6 Å². The van der Waals surface area contributed by atoms with Gasteiger partial charge in [0.05, 0.1) is 45.4 Å². The van der Waals surface area contributed by atoms with Crippen LogP contribution in [-0.2, 0) is 11.2 Å². The van der Waals surface area contributed by atoms with Gasteiger partial charge in [-0.15, -0.1) is 11.3 Å². The highest BCUT2D eigenvalue weighted by molar-refractivity contribution is 7.13. The van der Waals surface area contributed by atoms with Crippen molar-refractivity contribution < 1.29 is 19.8 Å². The molecule has 1 atom stereocenters. The van der Waals surface area contributed by atoms with Crippen molar-refractivity contribution in [2.45, 2.75) is 12.5 Å². The average molecular weight is 560 g/mol. The molecule has 0 radical (unpaired) electrons. The topological polar surface area (TPSA) is 129 Å². The van der Waals surface area contributed by atoms with E-state index < -0.39 is 18.7 Å². The van der Waals surface area contributed by atoms with Crippen molar-refractivity contribution in [1.82, 2.24) is 15.1 Å². The van der Waals surface area contributed by atoms with Crippen LogP contribution in [0.5, 0.6) is 0 Å². The minimum Gasteiger partial charge on any atom is -0.394 e. The van der Waals surface area contributed by atoms with Crippen molar-refractivity contribution >= 4 is 58.0 Å². The van der Waals surface area contributed by atoms with Gasteiger partial charge in [-0.1, -0.05) is 47.5 Å². The van der Waals surface area contributed by atoms with Crippen LogP contribution in [0.25, 0.3) is 16.3 Å². The molecule has 0 fully saturated rings. The second kappa shape index (κ2) is 12.2. The predicted octanol–water partition coefficient (Wildman–Crippen LogP) is 4.56. The maximum absolute atomic E-state index is 12.8. The Labute approximate surface area is 226 Å². The number of rotatable bonds is 9. The maximum Gasteiger partial charge on any atom is 0.324 e. The monoisotopic (exact) mass is 559 g/mol. The van der Waals surface area contributed by atoms with Crippen molar-refractivity contribution in [2.24, 2.45) is 0 Å². The fraction of sp³-hybridized carbons (Fsp3) is 0.160. The van der Waals surface area contributed by atoms with Gasteiger partial charge in [-0.25, -0.2) is 9.48 Å². The molecule has 37 heavy (non-hydrogen) atoms. The highest BCUT2D eigenvalue weighted by atomic mass is 35.5. The van der Waals surface area contributed by atoms with Gasteiger partial charge in [-0.3, -0.25) is 10.1 Å². The number of halogens is 2. The second-order valence-corrected chi connectivity index (χ2v) is 9.70. The first kappa shape index (κ1) is 26.6. The largest absolute Gasteiger partial charge is 0.394 e. The summed E-state index contributed by atoms with van der Waals surface area (Å²) in [5.74, 6) is 0.139. The number of nitrogens with one attached hydrogen (secondary N) is 3. The molecular weight excluding hydrogens is 537 g/mol. The van der Waals surface area contributed by atoms with E-state index in [9.17, 15) is 14.7 Å². The van der Waals surface area contributed by atoms with Crippen LogP contribution in [0.15, 0.2) is 66.0 Å². The first-order valence-electron chi connectivity index (χ1n) is 11.1. The predicted molar refractivity (Wildman–Crippen MR) is 146 cm³/mol. The molecule has 2 aromatic carbocycles. The summed E-state index contributed by atoms with van der Waals surface area (Å²) in [5.41, 5.74) is 2.45. The number of carbonyl (C=O) groups is 2. The van der Waals surface area contributed by atoms with E-state index in [4.69, 9.17) is 28.3 Å². The summed E-state index contributed by atoms with van der Waals surface area (Å²) in [4.78, 5) is 25.8. The Morgan fingerprint density at radius 1 is 1.05 bits per heavy atom. The van der Waals surface area contributed by atoms with Crippen molar-refractivity contribution in [3.8, 4) is 16.3 Å². The number of carbonyl (C=O) groups excluding carboxylic acids is 2. The van der Waals surface area contributed by atoms with Crippen molar-refractivity contribution in [2.75, 3.05) is 23.8 Å². The molecule has 12 heteroatoms.